The third-order valence-electron chi connectivity index (χ3n) is 4.01. The van der Waals surface area contributed by atoms with Gasteiger partial charge in [0, 0.05) is 6.07 Å². The van der Waals surface area contributed by atoms with Crippen molar-refractivity contribution in [1.82, 2.24) is 14.9 Å². The van der Waals surface area contributed by atoms with Crippen molar-refractivity contribution in [1.29, 1.82) is 0 Å². The first-order valence-electron chi connectivity index (χ1n) is 8.19. The maximum absolute atomic E-state index is 5.46. The normalized spacial score (nSPS) is 11.0. The molecule has 3 aromatic rings. The molecule has 0 unspecified atom stereocenters. The molecule has 6 nitrogen and oxygen atoms in total. The van der Waals surface area contributed by atoms with Crippen LogP contribution in [0.3, 0.4) is 0 Å². The molecule has 1 heterocycles. The summed E-state index contributed by atoms with van der Waals surface area (Å²) >= 11 is 5.32. The number of aromatic amines is 1. The molecule has 0 aliphatic carbocycles. The molecule has 0 aliphatic rings. The second-order valence-electron chi connectivity index (χ2n) is 5.57. The fourth-order valence-electron chi connectivity index (χ4n) is 2.52. The lowest BCUT2D eigenvalue weighted by Gasteiger charge is -2.09. The number of nitrogens with one attached hydrogen (secondary N) is 1. The van der Waals surface area contributed by atoms with Gasteiger partial charge in [0.2, 0.25) is 4.77 Å². The molecule has 1 aromatic heterocycles. The second-order valence-corrected chi connectivity index (χ2v) is 5.96. The van der Waals surface area contributed by atoms with E-state index in [4.69, 9.17) is 21.7 Å². The molecule has 0 atom stereocenters. The zero-order valence-corrected chi connectivity index (χ0v) is 15.7. The maximum atomic E-state index is 5.46. The van der Waals surface area contributed by atoms with E-state index in [1.807, 2.05) is 24.3 Å². The van der Waals surface area contributed by atoms with Crippen molar-refractivity contribution >= 4 is 18.4 Å². The van der Waals surface area contributed by atoms with Crippen molar-refractivity contribution in [3.05, 3.63) is 58.4 Å². The van der Waals surface area contributed by atoms with E-state index in [0.717, 1.165) is 17.5 Å². The highest BCUT2D eigenvalue weighted by atomic mass is 32.1. The fraction of sp³-hybridized carbons (Fsp3) is 0.211. The zero-order chi connectivity index (χ0) is 18.5. The largest absolute Gasteiger partial charge is 0.497 e. The van der Waals surface area contributed by atoms with Crippen LogP contribution in [0.4, 0.5) is 0 Å². The van der Waals surface area contributed by atoms with E-state index in [1.54, 1.807) is 31.2 Å². The number of ether oxygens (including phenoxy) is 2. The van der Waals surface area contributed by atoms with Gasteiger partial charge in [0.25, 0.3) is 0 Å². The molecule has 0 aliphatic heterocycles. The van der Waals surface area contributed by atoms with E-state index >= 15 is 0 Å². The minimum atomic E-state index is 0.402. The van der Waals surface area contributed by atoms with Crippen molar-refractivity contribution in [2.75, 3.05) is 14.2 Å². The fourth-order valence-corrected chi connectivity index (χ4v) is 2.70. The molecule has 2 aromatic carbocycles. The van der Waals surface area contributed by atoms with Crippen LogP contribution in [0.5, 0.6) is 11.5 Å². The molecular formula is C19H20N4O2S. The van der Waals surface area contributed by atoms with E-state index < -0.39 is 0 Å². The van der Waals surface area contributed by atoms with E-state index in [1.165, 1.54) is 5.56 Å². The first-order chi connectivity index (χ1) is 12.7. The number of H-pyrrole nitrogens is 1. The monoisotopic (exact) mass is 368 g/mol. The summed E-state index contributed by atoms with van der Waals surface area (Å²) in [6, 6.07) is 13.7. The SMILES string of the molecule is CCc1ccc(/C=N\n2c(-c3ccc(OC)cc3OC)n[nH]c2=S)cc1. The predicted molar refractivity (Wildman–Crippen MR) is 105 cm³/mol. The van der Waals surface area contributed by atoms with E-state index in [2.05, 4.69) is 34.4 Å². The first-order valence-corrected chi connectivity index (χ1v) is 8.60. The average molecular weight is 368 g/mol. The topological polar surface area (TPSA) is 64.4 Å². The number of benzene rings is 2. The quantitative estimate of drug-likeness (QED) is 0.526. The van der Waals surface area contributed by atoms with Crippen LogP contribution in [0.2, 0.25) is 0 Å². The number of methoxy groups -OCH3 is 2. The van der Waals surface area contributed by atoms with Gasteiger partial charge < -0.3 is 9.47 Å². The molecular weight excluding hydrogens is 348 g/mol. The molecule has 26 heavy (non-hydrogen) atoms. The summed E-state index contributed by atoms with van der Waals surface area (Å²) in [5.41, 5.74) is 3.03. The van der Waals surface area contributed by atoms with Crippen molar-refractivity contribution in [3.8, 4) is 22.9 Å². The van der Waals surface area contributed by atoms with Gasteiger partial charge in [-0.3, -0.25) is 0 Å². The Kier molecular flexibility index (Phi) is 5.48. The van der Waals surface area contributed by atoms with Crippen LogP contribution in [0.25, 0.3) is 11.4 Å². The Bertz CT molecular complexity index is 974. The van der Waals surface area contributed by atoms with Crippen molar-refractivity contribution in [2.45, 2.75) is 13.3 Å². The highest BCUT2D eigenvalue weighted by Gasteiger charge is 2.14. The summed E-state index contributed by atoms with van der Waals surface area (Å²) in [6.45, 7) is 2.13. The third kappa shape index (κ3) is 3.67. The minimum absolute atomic E-state index is 0.402. The standard InChI is InChI=1S/C19H20N4O2S/c1-4-13-5-7-14(8-6-13)12-20-23-18(21-22-19(23)26)16-10-9-15(24-2)11-17(16)25-3/h5-12H,4H2,1-3H3,(H,22,26)/b20-12-. The van der Waals surface area contributed by atoms with Gasteiger partial charge in [-0.15, -0.1) is 0 Å². The maximum Gasteiger partial charge on any atom is 0.216 e. The molecule has 3 rings (SSSR count). The molecule has 7 heteroatoms. The van der Waals surface area contributed by atoms with Crippen LogP contribution in [0, 0.1) is 4.77 Å². The Labute approximate surface area is 157 Å². The summed E-state index contributed by atoms with van der Waals surface area (Å²) in [5.74, 6) is 1.89. The zero-order valence-electron chi connectivity index (χ0n) is 14.9. The number of rotatable bonds is 6. The van der Waals surface area contributed by atoms with Gasteiger partial charge in [0.1, 0.15) is 11.5 Å². The molecule has 0 radical (unpaired) electrons. The molecule has 1 N–H and O–H groups in total. The van der Waals surface area contributed by atoms with Crippen LogP contribution < -0.4 is 9.47 Å². The number of hydrogen-bond donors (Lipinski definition) is 1. The van der Waals surface area contributed by atoms with E-state index in [-0.39, 0.29) is 0 Å². The average Bonchev–Trinajstić information content (AvgIpc) is 3.06. The molecule has 0 spiro atoms. The van der Waals surface area contributed by atoms with Crippen LogP contribution in [0.1, 0.15) is 18.1 Å². The molecule has 0 amide bonds. The summed E-state index contributed by atoms with van der Waals surface area (Å²) in [4.78, 5) is 0. The molecule has 0 bridgehead atoms. The van der Waals surface area contributed by atoms with Crippen LogP contribution in [0.15, 0.2) is 47.6 Å². The Morgan fingerprint density at radius 2 is 1.92 bits per heavy atom. The van der Waals surface area contributed by atoms with Gasteiger partial charge >= 0.3 is 0 Å². The Morgan fingerprint density at radius 1 is 1.15 bits per heavy atom. The number of aromatic nitrogens is 3. The lowest BCUT2D eigenvalue weighted by atomic mass is 10.1. The van der Waals surface area contributed by atoms with Gasteiger partial charge in [-0.05, 0) is 41.9 Å². The first kappa shape index (κ1) is 17.9. The highest BCUT2D eigenvalue weighted by Crippen LogP contribution is 2.32. The predicted octanol–water partition coefficient (Wildman–Crippen LogP) is 4.07. The lowest BCUT2D eigenvalue weighted by molar-refractivity contribution is 0.395. The van der Waals surface area contributed by atoms with Gasteiger partial charge in [-0.25, -0.2) is 5.10 Å². The number of hydrogen-bond acceptors (Lipinski definition) is 5. The molecule has 0 fully saturated rings. The Balaban J connectivity index is 1.99. The summed E-state index contributed by atoms with van der Waals surface area (Å²) in [7, 11) is 3.21. The summed E-state index contributed by atoms with van der Waals surface area (Å²) in [5, 5.41) is 11.6. The molecule has 0 saturated carbocycles. The second kappa shape index (κ2) is 7.97. The lowest BCUT2D eigenvalue weighted by Crippen LogP contribution is -1.98. The van der Waals surface area contributed by atoms with Gasteiger partial charge in [0.05, 0.1) is 26.0 Å². The Morgan fingerprint density at radius 3 is 2.58 bits per heavy atom. The van der Waals surface area contributed by atoms with Gasteiger partial charge in [0.15, 0.2) is 5.82 Å². The van der Waals surface area contributed by atoms with E-state index in [0.29, 0.717) is 22.1 Å². The van der Waals surface area contributed by atoms with Crippen molar-refractivity contribution in [2.24, 2.45) is 5.10 Å². The van der Waals surface area contributed by atoms with Crippen LogP contribution >= 0.6 is 12.2 Å². The van der Waals surface area contributed by atoms with Gasteiger partial charge in [-0.1, -0.05) is 31.2 Å². The molecule has 134 valence electrons. The highest BCUT2D eigenvalue weighted by molar-refractivity contribution is 7.71. The van der Waals surface area contributed by atoms with Gasteiger partial charge in [-0.2, -0.15) is 14.9 Å². The Hall–Kier alpha value is -2.93. The van der Waals surface area contributed by atoms with Crippen molar-refractivity contribution < 1.29 is 9.47 Å². The summed E-state index contributed by atoms with van der Waals surface area (Å²) in [6.07, 6.45) is 2.76. The minimum Gasteiger partial charge on any atom is -0.497 e. The molecule has 0 saturated heterocycles. The van der Waals surface area contributed by atoms with Crippen LogP contribution in [-0.2, 0) is 6.42 Å². The smallest absolute Gasteiger partial charge is 0.216 e. The van der Waals surface area contributed by atoms with Crippen molar-refractivity contribution in [3.63, 3.8) is 0 Å². The number of nitrogens with zero attached hydrogens (tertiary/aromatic N) is 3. The number of aryl methyl sites for hydroxylation is 1. The third-order valence-corrected chi connectivity index (χ3v) is 4.27. The van der Waals surface area contributed by atoms with Crippen LogP contribution in [-0.4, -0.2) is 35.3 Å². The summed E-state index contributed by atoms with van der Waals surface area (Å²) < 4.78 is 12.7. The van der Waals surface area contributed by atoms with E-state index in [9.17, 15) is 0 Å².